The lowest BCUT2D eigenvalue weighted by atomic mass is 10.1. The maximum Gasteiger partial charge on any atom is 0.352 e. The summed E-state index contributed by atoms with van der Waals surface area (Å²) in [4.78, 5) is 24.2. The molecule has 0 saturated carbocycles. The molecular weight excluding hydrogens is 468 g/mol. The number of nitrogens with two attached hydrogens (primary N) is 1. The fourth-order valence-corrected chi connectivity index (χ4v) is 3.88. The van der Waals surface area contributed by atoms with E-state index in [0.717, 1.165) is 0 Å². The van der Waals surface area contributed by atoms with Crippen LogP contribution in [0.25, 0.3) is 33.3 Å². The third-order valence-corrected chi connectivity index (χ3v) is 5.50. The number of nitrogens with one attached hydrogen (secondary N) is 2. The molecule has 4 rings (SSSR count). The van der Waals surface area contributed by atoms with Gasteiger partial charge in [0.25, 0.3) is 5.91 Å². The number of H-pyrrole nitrogens is 1. The molecular formula is C22H24ClF2N7O2. The van der Waals surface area contributed by atoms with Crippen molar-refractivity contribution < 1.29 is 18.3 Å². The van der Waals surface area contributed by atoms with Crippen molar-refractivity contribution in [3.8, 4) is 11.4 Å². The van der Waals surface area contributed by atoms with Crippen molar-refractivity contribution in [3.05, 3.63) is 35.1 Å². The minimum absolute atomic E-state index is 0.0630. The molecule has 180 valence electrons. The number of halogens is 3. The van der Waals surface area contributed by atoms with E-state index in [0.29, 0.717) is 50.8 Å². The maximum atomic E-state index is 12.7. The van der Waals surface area contributed by atoms with Gasteiger partial charge in [-0.25, -0.2) is 14.6 Å². The van der Waals surface area contributed by atoms with Crippen molar-refractivity contribution >= 4 is 45.3 Å². The number of benzene rings is 1. The molecule has 0 bridgehead atoms. The van der Waals surface area contributed by atoms with E-state index in [1.54, 1.807) is 22.9 Å². The van der Waals surface area contributed by atoms with Crippen LogP contribution in [0, 0.1) is 0 Å². The van der Waals surface area contributed by atoms with E-state index in [2.05, 4.69) is 25.0 Å². The summed E-state index contributed by atoms with van der Waals surface area (Å²) in [7, 11) is 0. The topological polar surface area (TPSA) is 124 Å². The first kappa shape index (κ1) is 23.8. The highest BCUT2D eigenvalue weighted by Crippen LogP contribution is 2.39. The van der Waals surface area contributed by atoms with Gasteiger partial charge in [0.1, 0.15) is 17.8 Å². The van der Waals surface area contributed by atoms with Gasteiger partial charge in [-0.2, -0.15) is 13.9 Å². The summed E-state index contributed by atoms with van der Waals surface area (Å²) in [5, 5.41) is 8.94. The Morgan fingerprint density at radius 1 is 1.26 bits per heavy atom. The SMILES string of the molecule is CC(F)(F)OCCNC(=O)c1ccc2c(Cl)c(-c3nn(C(C)(C)C)c4ncnc(N)c34)[nH]c2c1. The van der Waals surface area contributed by atoms with Crippen LogP contribution in [0.3, 0.4) is 0 Å². The Kier molecular flexibility index (Phi) is 5.94. The fourth-order valence-electron chi connectivity index (χ4n) is 3.58. The third kappa shape index (κ3) is 4.53. The number of hydrogen-bond donors (Lipinski definition) is 3. The molecule has 12 heteroatoms. The first-order valence-electron chi connectivity index (χ1n) is 10.5. The quantitative estimate of drug-likeness (QED) is 0.345. The Bertz CT molecular complexity index is 1390. The highest BCUT2D eigenvalue weighted by Gasteiger charge is 2.26. The Hall–Kier alpha value is -3.31. The molecule has 9 nitrogen and oxygen atoms in total. The van der Waals surface area contributed by atoms with Gasteiger partial charge < -0.3 is 20.8 Å². The highest BCUT2D eigenvalue weighted by atomic mass is 35.5. The van der Waals surface area contributed by atoms with Gasteiger partial charge in [-0.1, -0.05) is 17.7 Å². The molecule has 0 unspecified atom stereocenters. The number of ether oxygens (including phenoxy) is 1. The zero-order chi connectivity index (χ0) is 24.8. The van der Waals surface area contributed by atoms with Crippen LogP contribution in [-0.4, -0.2) is 49.9 Å². The lowest BCUT2D eigenvalue weighted by molar-refractivity contribution is -0.222. The van der Waals surface area contributed by atoms with Gasteiger partial charge in [0.15, 0.2) is 5.65 Å². The van der Waals surface area contributed by atoms with E-state index in [4.69, 9.17) is 22.4 Å². The van der Waals surface area contributed by atoms with Gasteiger partial charge in [-0.3, -0.25) is 4.79 Å². The molecule has 1 aromatic carbocycles. The van der Waals surface area contributed by atoms with Crippen LogP contribution in [-0.2, 0) is 10.3 Å². The number of carbonyl (C=O) groups excluding carboxylic acids is 1. The monoisotopic (exact) mass is 491 g/mol. The number of carbonyl (C=O) groups is 1. The van der Waals surface area contributed by atoms with E-state index in [9.17, 15) is 13.6 Å². The van der Waals surface area contributed by atoms with Crippen molar-refractivity contribution in [3.63, 3.8) is 0 Å². The van der Waals surface area contributed by atoms with E-state index < -0.39 is 12.0 Å². The minimum Gasteiger partial charge on any atom is -0.383 e. The van der Waals surface area contributed by atoms with Gasteiger partial charge in [0.2, 0.25) is 0 Å². The lowest BCUT2D eigenvalue weighted by Crippen LogP contribution is -2.29. The summed E-state index contributed by atoms with van der Waals surface area (Å²) in [5.41, 5.74) is 8.30. The number of aromatic nitrogens is 5. The molecule has 0 spiro atoms. The average Bonchev–Trinajstić information content (AvgIpc) is 3.29. The molecule has 0 atom stereocenters. The number of nitrogen functional groups attached to an aromatic ring is 1. The first-order valence-corrected chi connectivity index (χ1v) is 10.9. The predicted molar refractivity (Wildman–Crippen MR) is 126 cm³/mol. The van der Waals surface area contributed by atoms with Crippen molar-refractivity contribution in [1.82, 2.24) is 30.0 Å². The van der Waals surface area contributed by atoms with Crippen LogP contribution < -0.4 is 11.1 Å². The molecule has 4 aromatic rings. The van der Waals surface area contributed by atoms with E-state index in [1.165, 1.54) is 6.33 Å². The number of rotatable bonds is 6. The number of amides is 1. The summed E-state index contributed by atoms with van der Waals surface area (Å²) in [6.07, 6.45) is -1.87. The second-order valence-corrected chi connectivity index (χ2v) is 9.25. The second kappa shape index (κ2) is 8.48. The number of anilines is 1. The third-order valence-electron chi connectivity index (χ3n) is 5.11. The Morgan fingerprint density at radius 2 is 2.00 bits per heavy atom. The minimum atomic E-state index is -3.25. The molecule has 3 heterocycles. The standard InChI is InChI=1S/C22H24ClF2N7O2/c1-21(2,3)32-19-14(18(26)28-10-29-19)16(31-32)17-15(23)12-6-5-11(9-13(12)30-17)20(33)27-7-8-34-22(4,24)25/h5-6,9-10,30H,7-8H2,1-4H3,(H,27,33)(H2,26,28,29). The van der Waals surface area contributed by atoms with Gasteiger partial charge in [0.05, 0.1) is 28.2 Å². The largest absolute Gasteiger partial charge is 0.383 e. The van der Waals surface area contributed by atoms with Crippen molar-refractivity contribution in [2.75, 3.05) is 18.9 Å². The summed E-state index contributed by atoms with van der Waals surface area (Å²) in [6, 6.07) is 4.92. The predicted octanol–water partition coefficient (Wildman–Crippen LogP) is 4.32. The van der Waals surface area contributed by atoms with Crippen molar-refractivity contribution in [2.24, 2.45) is 0 Å². The van der Waals surface area contributed by atoms with Crippen LogP contribution in [0.4, 0.5) is 14.6 Å². The summed E-state index contributed by atoms with van der Waals surface area (Å²) >= 11 is 6.69. The zero-order valence-corrected chi connectivity index (χ0v) is 19.8. The van der Waals surface area contributed by atoms with E-state index in [-0.39, 0.29) is 24.5 Å². The molecule has 0 aliphatic rings. The lowest BCUT2D eigenvalue weighted by Gasteiger charge is -2.19. The molecule has 0 saturated heterocycles. The summed E-state index contributed by atoms with van der Waals surface area (Å²) in [6.45, 7) is 6.24. The Morgan fingerprint density at radius 3 is 2.68 bits per heavy atom. The number of alkyl halides is 2. The molecule has 3 aromatic heterocycles. The van der Waals surface area contributed by atoms with Crippen LogP contribution >= 0.6 is 11.6 Å². The van der Waals surface area contributed by atoms with Crippen LogP contribution in [0.5, 0.6) is 0 Å². The van der Waals surface area contributed by atoms with Gasteiger partial charge >= 0.3 is 6.11 Å². The molecule has 34 heavy (non-hydrogen) atoms. The fraction of sp³-hybridized carbons (Fsp3) is 0.364. The molecule has 0 aliphatic carbocycles. The van der Waals surface area contributed by atoms with Gasteiger partial charge in [0, 0.05) is 29.9 Å². The van der Waals surface area contributed by atoms with Crippen LogP contribution in [0.1, 0.15) is 38.1 Å². The zero-order valence-electron chi connectivity index (χ0n) is 19.0. The highest BCUT2D eigenvalue weighted by molar-refractivity contribution is 6.38. The van der Waals surface area contributed by atoms with Crippen LogP contribution in [0.2, 0.25) is 5.02 Å². The van der Waals surface area contributed by atoms with E-state index >= 15 is 0 Å². The molecule has 4 N–H and O–H groups in total. The average molecular weight is 492 g/mol. The number of fused-ring (bicyclic) bond motifs is 2. The van der Waals surface area contributed by atoms with Gasteiger partial charge in [-0.05, 0) is 32.9 Å². The normalized spacial score (nSPS) is 12.6. The maximum absolute atomic E-state index is 12.7. The Balaban J connectivity index is 1.70. The number of aromatic amines is 1. The number of nitrogens with zero attached hydrogens (tertiary/aromatic N) is 4. The molecule has 1 amide bonds. The first-order chi connectivity index (χ1) is 15.9. The summed E-state index contributed by atoms with van der Waals surface area (Å²) < 4.78 is 31.6. The molecule has 0 fully saturated rings. The van der Waals surface area contributed by atoms with Gasteiger partial charge in [-0.15, -0.1) is 0 Å². The van der Waals surface area contributed by atoms with E-state index in [1.807, 2.05) is 20.8 Å². The molecule has 0 aliphatic heterocycles. The smallest absolute Gasteiger partial charge is 0.352 e. The van der Waals surface area contributed by atoms with Crippen LogP contribution in [0.15, 0.2) is 24.5 Å². The summed E-state index contributed by atoms with van der Waals surface area (Å²) in [5.74, 6) is -0.164. The molecule has 0 radical (unpaired) electrons. The van der Waals surface area contributed by atoms with Crippen molar-refractivity contribution in [1.29, 1.82) is 0 Å². The number of hydrogen-bond acceptors (Lipinski definition) is 6. The van der Waals surface area contributed by atoms with Crippen molar-refractivity contribution in [2.45, 2.75) is 39.3 Å². The Labute approximate surface area is 198 Å². The second-order valence-electron chi connectivity index (χ2n) is 8.88.